The van der Waals surface area contributed by atoms with E-state index in [0.717, 1.165) is 41.8 Å². The molecule has 3 heterocycles. The van der Waals surface area contributed by atoms with E-state index in [1.165, 1.54) is 21.1 Å². The molecule has 0 radical (unpaired) electrons. The van der Waals surface area contributed by atoms with Crippen LogP contribution in [0.4, 0.5) is 5.69 Å². The van der Waals surface area contributed by atoms with Crippen molar-refractivity contribution in [3.05, 3.63) is 59.9 Å². The number of hydrogen-bond acceptors (Lipinski definition) is 3. The highest BCUT2D eigenvalue weighted by atomic mass is 16.2. The summed E-state index contributed by atoms with van der Waals surface area (Å²) >= 11 is 0. The van der Waals surface area contributed by atoms with Gasteiger partial charge in [0.2, 0.25) is 5.91 Å². The molecule has 5 rings (SSSR count). The summed E-state index contributed by atoms with van der Waals surface area (Å²) in [6.07, 6.45) is 2.47. The molecule has 32 heavy (non-hydrogen) atoms. The van der Waals surface area contributed by atoms with Gasteiger partial charge < -0.3 is 9.47 Å². The van der Waals surface area contributed by atoms with Crippen molar-refractivity contribution in [1.29, 1.82) is 0 Å². The zero-order valence-corrected chi connectivity index (χ0v) is 18.8. The number of amides is 1. The van der Waals surface area contributed by atoms with E-state index in [1.54, 1.807) is 4.90 Å². The molecule has 0 spiro atoms. The third-order valence-corrected chi connectivity index (χ3v) is 6.50. The minimum Gasteiger partial charge on any atom is -0.340 e. The van der Waals surface area contributed by atoms with Gasteiger partial charge in [-0.15, -0.1) is 0 Å². The lowest BCUT2D eigenvalue weighted by Gasteiger charge is -2.17. The molecule has 164 valence electrons. The molecule has 1 saturated heterocycles. The molecule has 6 nitrogen and oxygen atoms in total. The summed E-state index contributed by atoms with van der Waals surface area (Å²) in [4.78, 5) is 27.7. The van der Waals surface area contributed by atoms with Crippen molar-refractivity contribution >= 4 is 39.3 Å². The van der Waals surface area contributed by atoms with Crippen LogP contribution in [0, 0.1) is 19.8 Å². The molecule has 2 aromatic heterocycles. The maximum absolute atomic E-state index is 13.0. The van der Waals surface area contributed by atoms with Crippen LogP contribution >= 0.6 is 0 Å². The second-order valence-corrected chi connectivity index (χ2v) is 8.81. The van der Waals surface area contributed by atoms with Crippen LogP contribution in [-0.2, 0) is 11.3 Å². The molecule has 0 bridgehead atoms. The fourth-order valence-electron chi connectivity index (χ4n) is 4.91. The summed E-state index contributed by atoms with van der Waals surface area (Å²) in [5.74, 6) is -0.509. The standard InChI is InChI=1S/C26H28N4O2/c1-4-5-12-28-23-9-7-6-8-21(23)22-15-20(10-11-24(22)28)29-16-19(14-25(29)31)26(32)30-18(3)13-17(2)27-30/h6-11,13,15,19H,4-5,12,14,16H2,1-3H3. The van der Waals surface area contributed by atoms with Crippen LogP contribution < -0.4 is 4.90 Å². The molecule has 1 unspecified atom stereocenters. The fraction of sp³-hybridized carbons (Fsp3) is 0.346. The molecule has 0 saturated carbocycles. The SMILES string of the molecule is CCCCn1c2ccccc2c2cc(N3CC(C(=O)n4nc(C)cc4C)CC3=O)ccc21. The molecule has 0 N–H and O–H groups in total. The van der Waals surface area contributed by atoms with E-state index in [2.05, 4.69) is 53.0 Å². The Morgan fingerprint density at radius 2 is 1.84 bits per heavy atom. The van der Waals surface area contributed by atoms with Crippen LogP contribution in [0.5, 0.6) is 0 Å². The maximum Gasteiger partial charge on any atom is 0.252 e. The number of para-hydroxylation sites is 1. The average Bonchev–Trinajstić information content (AvgIpc) is 3.44. The van der Waals surface area contributed by atoms with Crippen molar-refractivity contribution in [3.8, 4) is 0 Å². The largest absolute Gasteiger partial charge is 0.340 e. The number of carbonyl (C=O) groups excluding carboxylic acids is 2. The van der Waals surface area contributed by atoms with Crippen molar-refractivity contribution in [2.24, 2.45) is 5.92 Å². The van der Waals surface area contributed by atoms with Gasteiger partial charge in [0.1, 0.15) is 0 Å². The van der Waals surface area contributed by atoms with E-state index in [1.807, 2.05) is 26.0 Å². The van der Waals surface area contributed by atoms with Crippen LogP contribution in [0.2, 0.25) is 0 Å². The van der Waals surface area contributed by atoms with Crippen LogP contribution in [0.1, 0.15) is 42.4 Å². The van der Waals surface area contributed by atoms with Crippen LogP contribution in [0.3, 0.4) is 0 Å². The first-order valence-corrected chi connectivity index (χ1v) is 11.4. The lowest BCUT2D eigenvalue weighted by Crippen LogP contribution is -2.28. The lowest BCUT2D eigenvalue weighted by atomic mass is 10.1. The molecule has 0 aliphatic carbocycles. The summed E-state index contributed by atoms with van der Waals surface area (Å²) in [5.41, 5.74) is 4.87. The number of hydrogen-bond donors (Lipinski definition) is 0. The molecule has 1 aliphatic heterocycles. The molecule has 6 heteroatoms. The van der Waals surface area contributed by atoms with Crippen molar-refractivity contribution in [1.82, 2.24) is 14.3 Å². The molecule has 1 amide bonds. The monoisotopic (exact) mass is 428 g/mol. The first-order chi connectivity index (χ1) is 15.5. The Morgan fingerprint density at radius 3 is 2.59 bits per heavy atom. The van der Waals surface area contributed by atoms with Gasteiger partial charge in [-0.1, -0.05) is 31.5 Å². The number of benzene rings is 2. The van der Waals surface area contributed by atoms with E-state index in [4.69, 9.17) is 0 Å². The second-order valence-electron chi connectivity index (χ2n) is 8.81. The number of anilines is 1. The Kier molecular flexibility index (Phi) is 5.08. The van der Waals surface area contributed by atoms with Crippen molar-refractivity contribution in [2.45, 2.75) is 46.6 Å². The van der Waals surface area contributed by atoms with E-state index in [0.29, 0.717) is 6.54 Å². The van der Waals surface area contributed by atoms with Gasteiger partial charge in [0.05, 0.1) is 11.6 Å². The van der Waals surface area contributed by atoms with E-state index >= 15 is 0 Å². The van der Waals surface area contributed by atoms with Crippen LogP contribution in [-0.4, -0.2) is 32.7 Å². The summed E-state index contributed by atoms with van der Waals surface area (Å²) < 4.78 is 3.82. The number of aryl methyl sites for hydroxylation is 3. The van der Waals surface area contributed by atoms with Gasteiger partial charge in [0.25, 0.3) is 5.91 Å². The van der Waals surface area contributed by atoms with E-state index in [-0.39, 0.29) is 24.2 Å². The van der Waals surface area contributed by atoms with Gasteiger partial charge in [-0.3, -0.25) is 9.59 Å². The Morgan fingerprint density at radius 1 is 1.06 bits per heavy atom. The number of aromatic nitrogens is 3. The minimum absolute atomic E-state index is 0.0149. The van der Waals surface area contributed by atoms with Gasteiger partial charge in [0, 0.05) is 52.7 Å². The molecule has 1 fully saturated rings. The number of unbranched alkanes of at least 4 members (excludes halogenated alkanes) is 1. The zero-order chi connectivity index (χ0) is 22.4. The van der Waals surface area contributed by atoms with Crippen molar-refractivity contribution in [3.63, 3.8) is 0 Å². The lowest BCUT2D eigenvalue weighted by molar-refractivity contribution is -0.117. The van der Waals surface area contributed by atoms with Crippen LogP contribution in [0.15, 0.2) is 48.5 Å². The van der Waals surface area contributed by atoms with Gasteiger partial charge in [0.15, 0.2) is 0 Å². The predicted molar refractivity (Wildman–Crippen MR) is 127 cm³/mol. The Bertz CT molecular complexity index is 1350. The summed E-state index contributed by atoms with van der Waals surface area (Å²) in [7, 11) is 0. The molecular formula is C26H28N4O2. The highest BCUT2D eigenvalue weighted by molar-refractivity contribution is 6.10. The van der Waals surface area contributed by atoms with Gasteiger partial charge in [-0.2, -0.15) is 5.10 Å². The van der Waals surface area contributed by atoms with E-state index < -0.39 is 0 Å². The molecule has 1 aliphatic rings. The van der Waals surface area contributed by atoms with Gasteiger partial charge >= 0.3 is 0 Å². The normalized spacial score (nSPS) is 16.5. The number of carbonyl (C=O) groups is 2. The highest BCUT2D eigenvalue weighted by Crippen LogP contribution is 2.34. The van der Waals surface area contributed by atoms with Gasteiger partial charge in [-0.25, -0.2) is 4.68 Å². The fourth-order valence-corrected chi connectivity index (χ4v) is 4.91. The summed E-state index contributed by atoms with van der Waals surface area (Å²) in [6, 6.07) is 16.6. The third kappa shape index (κ3) is 3.30. The molecule has 4 aromatic rings. The third-order valence-electron chi connectivity index (χ3n) is 6.50. The molecule has 2 aromatic carbocycles. The minimum atomic E-state index is -0.387. The Labute approximate surface area is 187 Å². The quantitative estimate of drug-likeness (QED) is 0.444. The highest BCUT2D eigenvalue weighted by Gasteiger charge is 2.36. The number of fused-ring (bicyclic) bond motifs is 3. The Balaban J connectivity index is 1.49. The maximum atomic E-state index is 13.0. The summed E-state index contributed by atoms with van der Waals surface area (Å²) in [6.45, 7) is 7.30. The van der Waals surface area contributed by atoms with Crippen LogP contribution in [0.25, 0.3) is 21.8 Å². The van der Waals surface area contributed by atoms with Crippen molar-refractivity contribution in [2.75, 3.05) is 11.4 Å². The predicted octanol–water partition coefficient (Wildman–Crippen LogP) is 5.10. The first-order valence-electron chi connectivity index (χ1n) is 11.4. The number of rotatable bonds is 5. The molecule has 1 atom stereocenters. The average molecular weight is 429 g/mol. The van der Waals surface area contributed by atoms with E-state index in [9.17, 15) is 9.59 Å². The zero-order valence-electron chi connectivity index (χ0n) is 18.8. The smallest absolute Gasteiger partial charge is 0.252 e. The molecular weight excluding hydrogens is 400 g/mol. The van der Waals surface area contributed by atoms with Crippen molar-refractivity contribution < 1.29 is 9.59 Å². The second kappa shape index (κ2) is 7.93. The Hall–Kier alpha value is -3.41. The van der Waals surface area contributed by atoms with Gasteiger partial charge in [-0.05, 0) is 50.6 Å². The topological polar surface area (TPSA) is 60.1 Å². The summed E-state index contributed by atoms with van der Waals surface area (Å²) in [5, 5.41) is 6.66. The first kappa shape index (κ1) is 20.5. The number of nitrogens with zero attached hydrogens (tertiary/aromatic N) is 4.